The van der Waals surface area contributed by atoms with Gasteiger partial charge in [0.2, 0.25) is 0 Å². The van der Waals surface area contributed by atoms with Gasteiger partial charge in [0.15, 0.2) is 0 Å². The van der Waals surface area contributed by atoms with Gasteiger partial charge in [0.05, 0.1) is 37.6 Å². The molecule has 0 amide bonds. The van der Waals surface area contributed by atoms with Crippen molar-refractivity contribution >= 4 is 5.69 Å². The molecule has 1 aromatic rings. The molecule has 0 saturated carbocycles. The molecule has 1 aliphatic rings. The maximum absolute atomic E-state index is 12.2. The Morgan fingerprint density at radius 2 is 2.23 bits per heavy atom. The van der Waals surface area contributed by atoms with Crippen LogP contribution >= 0.6 is 0 Å². The van der Waals surface area contributed by atoms with Crippen molar-refractivity contribution in [2.75, 3.05) is 31.1 Å². The molecule has 1 aliphatic heterocycles. The van der Waals surface area contributed by atoms with Gasteiger partial charge in [-0.15, -0.1) is 0 Å². The zero-order valence-electron chi connectivity index (χ0n) is 12.1. The Bertz CT molecular complexity index is 545. The molecule has 0 aromatic carbocycles. The van der Waals surface area contributed by atoms with Gasteiger partial charge in [0.1, 0.15) is 0 Å². The molecule has 1 aromatic heterocycles. The third-order valence-corrected chi connectivity index (χ3v) is 3.45. The number of aryl methyl sites for hydroxylation is 1. The number of halogens is 3. The van der Waals surface area contributed by atoms with Crippen LogP contribution in [0, 0.1) is 0 Å². The second kappa shape index (κ2) is 7.10. The summed E-state index contributed by atoms with van der Waals surface area (Å²) in [5.74, 6) is 0. The zero-order chi connectivity index (χ0) is 16.2. The first-order chi connectivity index (χ1) is 10.4. The van der Waals surface area contributed by atoms with Gasteiger partial charge in [0.25, 0.3) is 5.56 Å². The highest BCUT2D eigenvalue weighted by Gasteiger charge is 2.27. The molecule has 6 nitrogen and oxygen atoms in total. The smallest absolute Gasteiger partial charge is 0.374 e. The molecule has 2 N–H and O–H groups in total. The van der Waals surface area contributed by atoms with Crippen molar-refractivity contribution in [2.45, 2.75) is 31.7 Å². The highest BCUT2D eigenvalue weighted by molar-refractivity contribution is 5.43. The van der Waals surface area contributed by atoms with E-state index in [1.165, 1.54) is 12.3 Å². The van der Waals surface area contributed by atoms with Crippen molar-refractivity contribution < 1.29 is 17.9 Å². The number of rotatable bonds is 5. The Morgan fingerprint density at radius 1 is 1.45 bits per heavy atom. The summed E-state index contributed by atoms with van der Waals surface area (Å²) in [5.41, 5.74) is 5.56. The van der Waals surface area contributed by atoms with Crippen LogP contribution in [0.1, 0.15) is 12.8 Å². The van der Waals surface area contributed by atoms with E-state index >= 15 is 0 Å². The SMILES string of the molecule is NCC[C@@H]1CN(c2cnn(CCC(F)(F)F)c(=O)c2)CCO1. The van der Waals surface area contributed by atoms with Crippen LogP contribution in [0.2, 0.25) is 0 Å². The molecule has 9 heteroatoms. The standard InChI is InChI=1S/C13H19F3N4O2/c14-13(15,16)2-4-20-12(21)7-10(8-18-20)19-5-6-22-11(9-19)1-3-17/h7-8,11H,1-6,9,17H2/t11-/m1/s1. The first-order valence-electron chi connectivity index (χ1n) is 7.09. The van der Waals surface area contributed by atoms with Crippen molar-refractivity contribution in [3.63, 3.8) is 0 Å². The summed E-state index contributed by atoms with van der Waals surface area (Å²) in [7, 11) is 0. The van der Waals surface area contributed by atoms with Gasteiger partial charge >= 0.3 is 6.18 Å². The molecular weight excluding hydrogens is 301 g/mol. The monoisotopic (exact) mass is 320 g/mol. The van der Waals surface area contributed by atoms with Crippen LogP contribution in [0.25, 0.3) is 0 Å². The van der Waals surface area contributed by atoms with E-state index in [1.54, 1.807) is 0 Å². The maximum atomic E-state index is 12.2. The summed E-state index contributed by atoms with van der Waals surface area (Å²) in [6.07, 6.45) is -3.25. The molecule has 22 heavy (non-hydrogen) atoms. The average Bonchev–Trinajstić information content (AvgIpc) is 2.45. The van der Waals surface area contributed by atoms with Crippen LogP contribution < -0.4 is 16.2 Å². The van der Waals surface area contributed by atoms with Gasteiger partial charge in [0, 0.05) is 19.2 Å². The molecule has 124 valence electrons. The van der Waals surface area contributed by atoms with Crippen LogP contribution in [0.3, 0.4) is 0 Å². The molecule has 0 spiro atoms. The lowest BCUT2D eigenvalue weighted by Gasteiger charge is -2.34. The molecule has 0 radical (unpaired) electrons. The minimum absolute atomic E-state index is 0.00795. The van der Waals surface area contributed by atoms with E-state index < -0.39 is 24.7 Å². The molecule has 1 saturated heterocycles. The zero-order valence-corrected chi connectivity index (χ0v) is 12.1. The topological polar surface area (TPSA) is 73.4 Å². The summed E-state index contributed by atoms with van der Waals surface area (Å²) in [5, 5.41) is 3.82. The van der Waals surface area contributed by atoms with Crippen molar-refractivity contribution in [3.05, 3.63) is 22.6 Å². The fourth-order valence-corrected chi connectivity index (χ4v) is 2.31. The molecule has 2 heterocycles. The fourth-order valence-electron chi connectivity index (χ4n) is 2.31. The summed E-state index contributed by atoms with van der Waals surface area (Å²) in [6, 6.07) is 1.31. The second-order valence-corrected chi connectivity index (χ2v) is 5.16. The summed E-state index contributed by atoms with van der Waals surface area (Å²) < 4.78 is 42.9. The van der Waals surface area contributed by atoms with Crippen molar-refractivity contribution in [2.24, 2.45) is 5.73 Å². The number of alkyl halides is 3. The van der Waals surface area contributed by atoms with Crippen LogP contribution in [-0.4, -0.2) is 48.3 Å². The molecule has 1 fully saturated rings. The molecule has 0 aliphatic carbocycles. The molecule has 2 rings (SSSR count). The second-order valence-electron chi connectivity index (χ2n) is 5.16. The predicted molar refractivity (Wildman–Crippen MR) is 74.8 cm³/mol. The number of hydrogen-bond donors (Lipinski definition) is 1. The van der Waals surface area contributed by atoms with Crippen molar-refractivity contribution in [1.82, 2.24) is 9.78 Å². The van der Waals surface area contributed by atoms with Gasteiger partial charge in [-0.05, 0) is 13.0 Å². The minimum atomic E-state index is -4.31. The number of hydrogen-bond acceptors (Lipinski definition) is 5. The van der Waals surface area contributed by atoms with Gasteiger partial charge in [-0.25, -0.2) is 4.68 Å². The summed E-state index contributed by atoms with van der Waals surface area (Å²) in [6.45, 7) is 1.75. The Hall–Kier alpha value is -1.61. The highest BCUT2D eigenvalue weighted by Crippen LogP contribution is 2.20. The van der Waals surface area contributed by atoms with Crippen LogP contribution in [0.5, 0.6) is 0 Å². The normalized spacial score (nSPS) is 19.5. The largest absolute Gasteiger partial charge is 0.390 e. The minimum Gasteiger partial charge on any atom is -0.374 e. The third-order valence-electron chi connectivity index (χ3n) is 3.45. The summed E-state index contributed by atoms with van der Waals surface area (Å²) >= 11 is 0. The Morgan fingerprint density at radius 3 is 2.86 bits per heavy atom. The van der Waals surface area contributed by atoms with E-state index in [0.717, 1.165) is 4.68 Å². The van der Waals surface area contributed by atoms with E-state index in [-0.39, 0.29) is 6.10 Å². The molecule has 0 bridgehead atoms. The van der Waals surface area contributed by atoms with Crippen molar-refractivity contribution in [3.8, 4) is 0 Å². The summed E-state index contributed by atoms with van der Waals surface area (Å²) in [4.78, 5) is 13.8. The van der Waals surface area contributed by atoms with Crippen LogP contribution in [0.4, 0.5) is 18.9 Å². The van der Waals surface area contributed by atoms with E-state index in [9.17, 15) is 18.0 Å². The average molecular weight is 320 g/mol. The molecular formula is C13H19F3N4O2. The lowest BCUT2D eigenvalue weighted by molar-refractivity contribution is -0.137. The number of aromatic nitrogens is 2. The number of nitrogens with two attached hydrogens (primary N) is 1. The van der Waals surface area contributed by atoms with Gasteiger partial charge in [-0.1, -0.05) is 0 Å². The number of nitrogens with zero attached hydrogens (tertiary/aromatic N) is 3. The molecule has 1 atom stereocenters. The van der Waals surface area contributed by atoms with E-state index in [0.29, 0.717) is 38.3 Å². The quantitative estimate of drug-likeness (QED) is 0.867. The fraction of sp³-hybridized carbons (Fsp3) is 0.692. The third kappa shape index (κ3) is 4.70. The molecule has 0 unspecified atom stereocenters. The Balaban J connectivity index is 2.04. The Kier molecular flexibility index (Phi) is 5.41. The van der Waals surface area contributed by atoms with E-state index in [1.807, 2.05) is 4.90 Å². The lowest BCUT2D eigenvalue weighted by atomic mass is 10.2. The van der Waals surface area contributed by atoms with Crippen LogP contribution in [0.15, 0.2) is 17.1 Å². The number of morpholine rings is 1. The van der Waals surface area contributed by atoms with Gasteiger partial charge in [-0.2, -0.15) is 18.3 Å². The maximum Gasteiger partial charge on any atom is 0.390 e. The van der Waals surface area contributed by atoms with Gasteiger partial charge in [-0.3, -0.25) is 4.79 Å². The van der Waals surface area contributed by atoms with E-state index in [4.69, 9.17) is 10.5 Å². The van der Waals surface area contributed by atoms with E-state index in [2.05, 4.69) is 5.10 Å². The first kappa shape index (κ1) is 16.8. The van der Waals surface area contributed by atoms with Crippen molar-refractivity contribution in [1.29, 1.82) is 0 Å². The predicted octanol–water partition coefficient (Wildman–Crippen LogP) is 0.750. The Labute approximate surface area is 125 Å². The van der Waals surface area contributed by atoms with Crippen LogP contribution in [-0.2, 0) is 11.3 Å². The first-order valence-corrected chi connectivity index (χ1v) is 7.09. The number of ether oxygens (including phenoxy) is 1. The highest BCUT2D eigenvalue weighted by atomic mass is 19.4. The number of anilines is 1. The lowest BCUT2D eigenvalue weighted by Crippen LogP contribution is -2.44. The van der Waals surface area contributed by atoms with Gasteiger partial charge < -0.3 is 15.4 Å².